The van der Waals surface area contributed by atoms with Crippen molar-refractivity contribution < 1.29 is 28.4 Å². The first-order chi connectivity index (χ1) is 14.0. The third kappa shape index (κ3) is 4.77. The third-order valence-electron chi connectivity index (χ3n) is 4.09. The summed E-state index contributed by atoms with van der Waals surface area (Å²) in [4.78, 5) is 35.2. The summed E-state index contributed by atoms with van der Waals surface area (Å²) >= 11 is 0. The lowest BCUT2D eigenvalue weighted by Crippen LogP contribution is -2.17. The number of carbonyl (C=O) groups is 2. The summed E-state index contributed by atoms with van der Waals surface area (Å²) in [6, 6.07) is 12.5. The third-order valence-corrected chi connectivity index (χ3v) is 4.09. The van der Waals surface area contributed by atoms with Crippen molar-refractivity contribution in [1.29, 1.82) is 0 Å². The van der Waals surface area contributed by atoms with E-state index in [4.69, 9.17) is 13.9 Å². The molecule has 0 bridgehead atoms. The van der Waals surface area contributed by atoms with Gasteiger partial charge in [0, 0.05) is 36.9 Å². The van der Waals surface area contributed by atoms with Gasteiger partial charge in [-0.05, 0) is 18.2 Å². The van der Waals surface area contributed by atoms with E-state index in [-0.39, 0.29) is 17.0 Å². The van der Waals surface area contributed by atoms with Crippen LogP contribution >= 0.6 is 0 Å². The second-order valence-electron chi connectivity index (χ2n) is 6.05. The fraction of sp³-hybridized carbons (Fsp3) is 0.200. The van der Waals surface area contributed by atoms with Crippen LogP contribution in [-0.2, 0) is 9.47 Å². The number of ether oxygens (including phenoxy) is 2. The first-order valence-electron chi connectivity index (χ1n) is 8.69. The molecule has 3 rings (SSSR count). The molecule has 0 radical (unpaired) electrons. The van der Waals surface area contributed by atoms with Crippen LogP contribution in [0.15, 0.2) is 52.9 Å². The Balaban J connectivity index is 1.73. The van der Waals surface area contributed by atoms with Crippen molar-refractivity contribution in [2.75, 3.05) is 32.2 Å². The predicted molar refractivity (Wildman–Crippen MR) is 104 cm³/mol. The zero-order valence-electron chi connectivity index (χ0n) is 15.5. The van der Waals surface area contributed by atoms with E-state index in [0.717, 1.165) is 11.5 Å². The Morgan fingerprint density at radius 3 is 2.69 bits per heavy atom. The number of ketones is 1. The minimum atomic E-state index is -0.863. The van der Waals surface area contributed by atoms with E-state index >= 15 is 0 Å². The van der Waals surface area contributed by atoms with Crippen LogP contribution in [0.2, 0.25) is 0 Å². The molecule has 0 amide bonds. The Bertz CT molecular complexity index is 1020. The van der Waals surface area contributed by atoms with Crippen molar-refractivity contribution in [3.63, 3.8) is 0 Å². The molecule has 0 saturated heterocycles. The van der Waals surface area contributed by atoms with E-state index < -0.39 is 23.3 Å². The number of anilines is 1. The van der Waals surface area contributed by atoms with Crippen molar-refractivity contribution in [3.8, 4) is 0 Å². The molecule has 0 aliphatic rings. The van der Waals surface area contributed by atoms with Gasteiger partial charge in [0.15, 0.2) is 12.4 Å². The van der Waals surface area contributed by atoms with Crippen molar-refractivity contribution >= 4 is 34.1 Å². The first kappa shape index (κ1) is 20.0. The maximum absolute atomic E-state index is 12.5. The van der Waals surface area contributed by atoms with Crippen molar-refractivity contribution in [1.82, 2.24) is 0 Å². The number of Topliss-reactive ketones (excluding diaryl/α,β-unsaturated/α-hetero) is 1. The number of nitro groups is 1. The standard InChI is InChI=1S/C20H18N2O7/c1-27-9-8-21-16-7-6-14(22(25)26)11-15(16)20(24)28-12-17(23)19-10-13-4-2-3-5-18(13)29-19/h2-7,10-11,21H,8-9,12H2,1H3. The molecular weight excluding hydrogens is 380 g/mol. The molecule has 0 saturated carbocycles. The summed E-state index contributed by atoms with van der Waals surface area (Å²) in [5.41, 5.74) is 0.574. The number of hydrogen-bond donors (Lipinski definition) is 1. The number of nitrogens with zero attached hydrogens (tertiary/aromatic N) is 1. The van der Waals surface area contributed by atoms with Crippen LogP contribution in [0.5, 0.6) is 0 Å². The van der Waals surface area contributed by atoms with Crippen LogP contribution in [0.4, 0.5) is 11.4 Å². The lowest BCUT2D eigenvalue weighted by Gasteiger charge is -2.11. The van der Waals surface area contributed by atoms with E-state index in [1.54, 1.807) is 24.3 Å². The van der Waals surface area contributed by atoms with Gasteiger partial charge in [0.1, 0.15) is 5.58 Å². The molecule has 0 aliphatic carbocycles. The number of rotatable bonds is 9. The SMILES string of the molecule is COCCNc1ccc([N+](=O)[O-])cc1C(=O)OCC(=O)c1cc2ccccc2o1. The minimum absolute atomic E-state index is 0.0484. The molecule has 1 N–H and O–H groups in total. The van der Waals surface area contributed by atoms with E-state index in [9.17, 15) is 19.7 Å². The lowest BCUT2D eigenvalue weighted by molar-refractivity contribution is -0.384. The molecule has 150 valence electrons. The summed E-state index contributed by atoms with van der Waals surface area (Å²) in [6.07, 6.45) is 0. The lowest BCUT2D eigenvalue weighted by atomic mass is 10.1. The van der Waals surface area contributed by atoms with Crippen LogP contribution < -0.4 is 5.32 Å². The fourth-order valence-electron chi connectivity index (χ4n) is 2.66. The summed E-state index contributed by atoms with van der Waals surface area (Å²) in [5.74, 6) is -1.32. The highest BCUT2D eigenvalue weighted by atomic mass is 16.6. The molecule has 0 aliphatic heterocycles. The summed E-state index contributed by atoms with van der Waals surface area (Å²) in [6.45, 7) is 0.196. The number of esters is 1. The topological polar surface area (TPSA) is 121 Å². The van der Waals surface area contributed by atoms with Crippen LogP contribution in [0.1, 0.15) is 20.9 Å². The van der Waals surface area contributed by atoms with Gasteiger partial charge >= 0.3 is 5.97 Å². The number of para-hydroxylation sites is 1. The van der Waals surface area contributed by atoms with E-state index in [2.05, 4.69) is 5.32 Å². The molecule has 0 spiro atoms. The highest BCUT2D eigenvalue weighted by Crippen LogP contribution is 2.24. The quantitative estimate of drug-likeness (QED) is 0.191. The molecule has 1 aromatic heterocycles. The van der Waals surface area contributed by atoms with Gasteiger partial charge in [-0.1, -0.05) is 18.2 Å². The zero-order valence-corrected chi connectivity index (χ0v) is 15.5. The number of nitro benzene ring substituents is 1. The Morgan fingerprint density at radius 1 is 1.17 bits per heavy atom. The predicted octanol–water partition coefficient (Wildman–Crippen LogP) is 3.44. The minimum Gasteiger partial charge on any atom is -0.453 e. The van der Waals surface area contributed by atoms with Gasteiger partial charge < -0.3 is 19.2 Å². The van der Waals surface area contributed by atoms with Gasteiger partial charge in [0.2, 0.25) is 5.78 Å². The molecular formula is C20H18N2O7. The highest BCUT2D eigenvalue weighted by Gasteiger charge is 2.20. The number of fused-ring (bicyclic) bond motifs is 1. The number of benzene rings is 2. The number of carbonyl (C=O) groups excluding carboxylic acids is 2. The molecule has 2 aromatic carbocycles. The molecule has 1 heterocycles. The molecule has 0 fully saturated rings. The first-order valence-corrected chi connectivity index (χ1v) is 8.69. The number of nitrogens with one attached hydrogen (secondary N) is 1. The summed E-state index contributed by atoms with van der Waals surface area (Å²) in [5, 5.41) is 14.7. The molecule has 9 heteroatoms. The number of methoxy groups -OCH3 is 1. The smallest absolute Gasteiger partial charge is 0.340 e. The Morgan fingerprint density at radius 2 is 1.97 bits per heavy atom. The fourth-order valence-corrected chi connectivity index (χ4v) is 2.66. The molecule has 0 atom stereocenters. The van der Waals surface area contributed by atoms with Gasteiger partial charge in [-0.25, -0.2) is 4.79 Å². The second-order valence-corrected chi connectivity index (χ2v) is 6.05. The maximum atomic E-state index is 12.5. The van der Waals surface area contributed by atoms with E-state index in [1.165, 1.54) is 19.2 Å². The van der Waals surface area contributed by atoms with Gasteiger partial charge in [-0.2, -0.15) is 0 Å². The number of non-ortho nitro benzene ring substituents is 1. The average Bonchev–Trinajstić information content (AvgIpc) is 3.16. The Labute approximate surface area is 165 Å². The molecule has 3 aromatic rings. The van der Waals surface area contributed by atoms with Gasteiger partial charge in [0.05, 0.1) is 17.1 Å². The Kier molecular flexibility index (Phi) is 6.20. The summed E-state index contributed by atoms with van der Waals surface area (Å²) < 4.78 is 15.5. The number of hydrogen-bond acceptors (Lipinski definition) is 8. The molecule has 9 nitrogen and oxygen atoms in total. The van der Waals surface area contributed by atoms with Gasteiger partial charge in [0.25, 0.3) is 5.69 Å². The number of furan rings is 1. The average molecular weight is 398 g/mol. The molecule has 29 heavy (non-hydrogen) atoms. The monoisotopic (exact) mass is 398 g/mol. The van der Waals surface area contributed by atoms with Crippen LogP contribution in [0.3, 0.4) is 0 Å². The van der Waals surface area contributed by atoms with Gasteiger partial charge in [-0.15, -0.1) is 0 Å². The van der Waals surface area contributed by atoms with Crippen molar-refractivity contribution in [2.24, 2.45) is 0 Å². The second kappa shape index (κ2) is 8.98. The normalized spacial score (nSPS) is 10.7. The van der Waals surface area contributed by atoms with Crippen LogP contribution in [0, 0.1) is 10.1 Å². The molecule has 0 unspecified atom stereocenters. The zero-order chi connectivity index (χ0) is 20.8. The highest BCUT2D eigenvalue weighted by molar-refractivity contribution is 6.01. The van der Waals surface area contributed by atoms with Crippen molar-refractivity contribution in [3.05, 3.63) is 70.0 Å². The van der Waals surface area contributed by atoms with E-state index in [0.29, 0.717) is 24.4 Å². The van der Waals surface area contributed by atoms with Gasteiger partial charge in [-0.3, -0.25) is 14.9 Å². The maximum Gasteiger partial charge on any atom is 0.340 e. The van der Waals surface area contributed by atoms with Crippen LogP contribution in [0.25, 0.3) is 11.0 Å². The summed E-state index contributed by atoms with van der Waals surface area (Å²) in [7, 11) is 1.52. The van der Waals surface area contributed by atoms with Crippen molar-refractivity contribution in [2.45, 2.75) is 0 Å². The van der Waals surface area contributed by atoms with E-state index in [1.807, 2.05) is 6.07 Å². The Hall–Kier alpha value is -3.72. The largest absolute Gasteiger partial charge is 0.453 e. The van der Waals surface area contributed by atoms with Crippen LogP contribution in [-0.4, -0.2) is 43.5 Å².